The summed E-state index contributed by atoms with van der Waals surface area (Å²) in [6.45, 7) is 4.61. The van der Waals surface area contributed by atoms with E-state index in [1.807, 2.05) is 23.5 Å². The molecule has 0 aromatic carbocycles. The summed E-state index contributed by atoms with van der Waals surface area (Å²) in [6, 6.07) is 0. The van der Waals surface area contributed by atoms with E-state index in [1.54, 1.807) is 0 Å². The van der Waals surface area contributed by atoms with Crippen molar-refractivity contribution in [3.05, 3.63) is 10.8 Å². The van der Waals surface area contributed by atoms with Gasteiger partial charge < -0.3 is 0 Å². The van der Waals surface area contributed by atoms with Gasteiger partial charge in [-0.05, 0) is 23.2 Å². The number of unbranched alkanes of at least 4 members (excludes halogenated alkanes) is 2. The predicted molar refractivity (Wildman–Crippen MR) is 66.0 cm³/mol. The molecule has 76 valence electrons. The second-order valence-corrected chi connectivity index (χ2v) is 5.98. The topological polar surface area (TPSA) is 0 Å². The zero-order valence-electron chi connectivity index (χ0n) is 8.66. The lowest BCUT2D eigenvalue weighted by atomic mass is 10.0. The standard InChI is InChI=1S/C11H20S2/c1-3-5-6-7-10(4-2)11-12-8-9-13-11/h8-11H,3-7H2,1-2H3. The van der Waals surface area contributed by atoms with Crippen LogP contribution in [0.2, 0.25) is 0 Å². The highest BCUT2D eigenvalue weighted by molar-refractivity contribution is 8.22. The minimum Gasteiger partial charge on any atom is -0.119 e. The molecule has 1 unspecified atom stereocenters. The SMILES string of the molecule is CCCCCC(CC)C1SC=CS1. The quantitative estimate of drug-likeness (QED) is 0.581. The van der Waals surface area contributed by atoms with Gasteiger partial charge in [-0.1, -0.05) is 39.5 Å². The van der Waals surface area contributed by atoms with E-state index in [2.05, 4.69) is 24.7 Å². The molecule has 0 fully saturated rings. The Morgan fingerprint density at radius 3 is 2.38 bits per heavy atom. The van der Waals surface area contributed by atoms with Crippen molar-refractivity contribution in [2.45, 2.75) is 50.5 Å². The zero-order chi connectivity index (χ0) is 9.52. The highest BCUT2D eigenvalue weighted by atomic mass is 32.2. The summed E-state index contributed by atoms with van der Waals surface area (Å²) >= 11 is 4.03. The van der Waals surface area contributed by atoms with E-state index in [1.165, 1.54) is 32.1 Å². The fraction of sp³-hybridized carbons (Fsp3) is 0.818. The number of thioether (sulfide) groups is 2. The average molecular weight is 216 g/mol. The van der Waals surface area contributed by atoms with Gasteiger partial charge in [0, 0.05) is 0 Å². The van der Waals surface area contributed by atoms with Gasteiger partial charge in [-0.3, -0.25) is 0 Å². The van der Waals surface area contributed by atoms with E-state index < -0.39 is 0 Å². The van der Waals surface area contributed by atoms with Crippen molar-refractivity contribution in [1.82, 2.24) is 0 Å². The summed E-state index contributed by atoms with van der Waals surface area (Å²) < 4.78 is 0.821. The van der Waals surface area contributed by atoms with Crippen LogP contribution in [0.15, 0.2) is 10.8 Å². The molecule has 0 radical (unpaired) electrons. The molecule has 0 saturated carbocycles. The number of hydrogen-bond donors (Lipinski definition) is 0. The molecular formula is C11H20S2. The summed E-state index contributed by atoms with van der Waals surface area (Å²) in [5, 5.41) is 4.50. The van der Waals surface area contributed by atoms with Gasteiger partial charge in [0.25, 0.3) is 0 Å². The molecule has 0 aliphatic carbocycles. The summed E-state index contributed by atoms with van der Waals surface area (Å²) in [5.41, 5.74) is 0. The maximum atomic E-state index is 2.33. The Hall–Kier alpha value is 0.440. The van der Waals surface area contributed by atoms with E-state index in [0.717, 1.165) is 10.5 Å². The monoisotopic (exact) mass is 216 g/mol. The first kappa shape index (κ1) is 11.5. The third kappa shape index (κ3) is 3.99. The minimum absolute atomic E-state index is 0.821. The smallest absolute Gasteiger partial charge is 0.0613 e. The molecule has 0 aromatic heterocycles. The second-order valence-electron chi connectivity index (χ2n) is 3.58. The Labute approximate surface area is 90.9 Å². The van der Waals surface area contributed by atoms with Crippen molar-refractivity contribution < 1.29 is 0 Å². The van der Waals surface area contributed by atoms with Crippen LogP contribution in [-0.2, 0) is 0 Å². The van der Waals surface area contributed by atoms with E-state index in [9.17, 15) is 0 Å². The molecule has 0 spiro atoms. The van der Waals surface area contributed by atoms with E-state index in [4.69, 9.17) is 0 Å². The minimum atomic E-state index is 0.821. The van der Waals surface area contributed by atoms with Gasteiger partial charge in [-0.25, -0.2) is 0 Å². The van der Waals surface area contributed by atoms with Crippen LogP contribution in [0.5, 0.6) is 0 Å². The van der Waals surface area contributed by atoms with Crippen molar-refractivity contribution >= 4 is 23.5 Å². The fourth-order valence-corrected chi connectivity index (χ4v) is 4.23. The van der Waals surface area contributed by atoms with Crippen LogP contribution in [0.1, 0.15) is 46.0 Å². The Kier molecular flexibility index (Phi) is 6.05. The maximum Gasteiger partial charge on any atom is 0.0613 e. The maximum absolute atomic E-state index is 2.33. The lowest BCUT2D eigenvalue weighted by molar-refractivity contribution is 0.477. The van der Waals surface area contributed by atoms with E-state index >= 15 is 0 Å². The summed E-state index contributed by atoms with van der Waals surface area (Å²) in [5.74, 6) is 0.927. The second kappa shape index (κ2) is 6.83. The largest absolute Gasteiger partial charge is 0.119 e. The third-order valence-corrected chi connectivity index (χ3v) is 5.30. The lowest BCUT2D eigenvalue weighted by Crippen LogP contribution is -2.10. The molecule has 0 bridgehead atoms. The molecule has 0 nitrogen and oxygen atoms in total. The zero-order valence-corrected chi connectivity index (χ0v) is 10.3. The van der Waals surface area contributed by atoms with Gasteiger partial charge in [0.1, 0.15) is 0 Å². The van der Waals surface area contributed by atoms with Crippen LogP contribution in [0.25, 0.3) is 0 Å². The Balaban J connectivity index is 2.18. The fourth-order valence-electron chi connectivity index (χ4n) is 1.66. The molecule has 13 heavy (non-hydrogen) atoms. The molecule has 0 saturated heterocycles. The highest BCUT2D eigenvalue weighted by Crippen LogP contribution is 2.41. The van der Waals surface area contributed by atoms with Gasteiger partial charge in [-0.15, -0.1) is 23.5 Å². The van der Waals surface area contributed by atoms with Crippen molar-refractivity contribution in [3.8, 4) is 0 Å². The lowest BCUT2D eigenvalue weighted by Gasteiger charge is -2.20. The van der Waals surface area contributed by atoms with Gasteiger partial charge in [0.2, 0.25) is 0 Å². The molecule has 1 heterocycles. The van der Waals surface area contributed by atoms with Crippen molar-refractivity contribution in [1.29, 1.82) is 0 Å². The van der Waals surface area contributed by atoms with Gasteiger partial charge in [-0.2, -0.15) is 0 Å². The molecule has 1 rings (SSSR count). The Morgan fingerprint density at radius 2 is 1.85 bits per heavy atom. The molecular weight excluding hydrogens is 196 g/mol. The van der Waals surface area contributed by atoms with Crippen molar-refractivity contribution in [2.24, 2.45) is 5.92 Å². The van der Waals surface area contributed by atoms with Crippen LogP contribution < -0.4 is 0 Å². The van der Waals surface area contributed by atoms with E-state index in [-0.39, 0.29) is 0 Å². The van der Waals surface area contributed by atoms with Crippen molar-refractivity contribution in [2.75, 3.05) is 0 Å². The summed E-state index contributed by atoms with van der Waals surface area (Å²) in [4.78, 5) is 0. The molecule has 1 atom stereocenters. The van der Waals surface area contributed by atoms with Crippen LogP contribution in [0.3, 0.4) is 0 Å². The van der Waals surface area contributed by atoms with Crippen LogP contribution in [0, 0.1) is 5.92 Å². The van der Waals surface area contributed by atoms with Crippen molar-refractivity contribution in [3.63, 3.8) is 0 Å². The molecule has 1 aliphatic rings. The first-order chi connectivity index (χ1) is 6.38. The first-order valence-corrected chi connectivity index (χ1v) is 7.23. The third-order valence-electron chi connectivity index (χ3n) is 2.57. The number of rotatable bonds is 6. The Morgan fingerprint density at radius 1 is 1.15 bits per heavy atom. The molecule has 0 aromatic rings. The molecule has 1 aliphatic heterocycles. The van der Waals surface area contributed by atoms with Crippen LogP contribution >= 0.6 is 23.5 Å². The van der Waals surface area contributed by atoms with E-state index in [0.29, 0.717) is 0 Å². The molecule has 0 amide bonds. The summed E-state index contributed by atoms with van der Waals surface area (Å²) in [7, 11) is 0. The van der Waals surface area contributed by atoms with Crippen LogP contribution in [-0.4, -0.2) is 4.58 Å². The highest BCUT2D eigenvalue weighted by Gasteiger charge is 2.21. The number of hydrogen-bond acceptors (Lipinski definition) is 2. The van der Waals surface area contributed by atoms with Gasteiger partial charge >= 0.3 is 0 Å². The predicted octanol–water partition coefficient (Wildman–Crippen LogP) is 4.87. The Bertz CT molecular complexity index is 146. The van der Waals surface area contributed by atoms with Gasteiger partial charge in [0.05, 0.1) is 4.58 Å². The molecule has 2 heteroatoms. The van der Waals surface area contributed by atoms with Gasteiger partial charge in [0.15, 0.2) is 0 Å². The van der Waals surface area contributed by atoms with Crippen LogP contribution in [0.4, 0.5) is 0 Å². The normalized spacial score (nSPS) is 19.5. The first-order valence-electron chi connectivity index (χ1n) is 5.34. The average Bonchev–Trinajstić information content (AvgIpc) is 2.65. The molecule has 0 N–H and O–H groups in total. The summed E-state index contributed by atoms with van der Waals surface area (Å²) in [6.07, 6.45) is 6.95.